The van der Waals surface area contributed by atoms with E-state index < -0.39 is 0 Å². The largest absolute Gasteiger partial charge is 0.306 e. The molecular formula is C14H15Cl2NO. The highest BCUT2D eigenvalue weighted by molar-refractivity contribution is 6.37. The zero-order valence-electron chi connectivity index (χ0n) is 10.2. The molecule has 0 bridgehead atoms. The van der Waals surface area contributed by atoms with E-state index in [2.05, 4.69) is 11.9 Å². The summed E-state index contributed by atoms with van der Waals surface area (Å²) in [7, 11) is 2.12. The van der Waals surface area contributed by atoms with Crippen molar-refractivity contribution in [3.63, 3.8) is 0 Å². The maximum Gasteiger partial charge on any atom is 0.164 e. The number of likely N-dealkylation sites (tertiary alicyclic amines) is 1. The third kappa shape index (κ3) is 1.97. The van der Waals surface area contributed by atoms with E-state index in [-0.39, 0.29) is 5.78 Å². The van der Waals surface area contributed by atoms with Crippen LogP contribution in [0, 0.1) is 5.92 Å². The minimum Gasteiger partial charge on any atom is -0.306 e. The predicted octanol–water partition coefficient (Wildman–Crippen LogP) is 3.62. The zero-order chi connectivity index (χ0) is 12.9. The summed E-state index contributed by atoms with van der Waals surface area (Å²) < 4.78 is 0. The van der Waals surface area contributed by atoms with Gasteiger partial charge in [0, 0.05) is 29.5 Å². The summed E-state index contributed by atoms with van der Waals surface area (Å²) in [5, 5.41) is 1.13. The number of ketones is 1. The molecule has 96 valence electrons. The molecule has 4 heteroatoms. The zero-order valence-corrected chi connectivity index (χ0v) is 11.8. The van der Waals surface area contributed by atoms with Gasteiger partial charge in [-0.3, -0.25) is 4.79 Å². The SMILES string of the molecule is CN1CC[C@@H]2CC(=O)c3c(Cl)cc(Cl)cc3[C@@H]2C1. The lowest BCUT2D eigenvalue weighted by Crippen LogP contribution is -2.40. The second-order valence-corrected chi connectivity index (χ2v) is 6.24. The van der Waals surface area contributed by atoms with E-state index in [0.717, 1.165) is 25.1 Å². The lowest BCUT2D eigenvalue weighted by atomic mass is 9.71. The van der Waals surface area contributed by atoms with Crippen LogP contribution in [-0.4, -0.2) is 30.8 Å². The Morgan fingerprint density at radius 3 is 2.89 bits per heavy atom. The summed E-state index contributed by atoms with van der Waals surface area (Å²) in [6.07, 6.45) is 1.71. The van der Waals surface area contributed by atoms with E-state index >= 15 is 0 Å². The first-order valence-corrected chi connectivity index (χ1v) is 7.02. The second kappa shape index (κ2) is 4.52. The van der Waals surface area contributed by atoms with E-state index in [0.29, 0.717) is 33.9 Å². The molecule has 0 spiro atoms. The number of benzene rings is 1. The molecule has 1 aliphatic heterocycles. The number of hydrogen-bond donors (Lipinski definition) is 0. The highest BCUT2D eigenvalue weighted by Gasteiger charge is 2.38. The normalized spacial score (nSPS) is 27.8. The molecule has 1 saturated heterocycles. The van der Waals surface area contributed by atoms with Crippen LogP contribution in [0.25, 0.3) is 0 Å². The van der Waals surface area contributed by atoms with Gasteiger partial charge in [0.05, 0.1) is 5.02 Å². The average Bonchev–Trinajstić information content (AvgIpc) is 2.29. The fraction of sp³-hybridized carbons (Fsp3) is 0.500. The van der Waals surface area contributed by atoms with Crippen LogP contribution < -0.4 is 0 Å². The number of likely N-dealkylation sites (N-methyl/N-ethyl adjacent to an activating group) is 1. The molecule has 1 fully saturated rings. The number of rotatable bonds is 0. The Kier molecular flexibility index (Phi) is 3.13. The minimum absolute atomic E-state index is 0.178. The lowest BCUT2D eigenvalue weighted by Gasteiger charge is -2.40. The number of carbonyl (C=O) groups is 1. The van der Waals surface area contributed by atoms with Crippen LogP contribution in [0.1, 0.15) is 34.7 Å². The van der Waals surface area contributed by atoms with Gasteiger partial charge in [0.25, 0.3) is 0 Å². The summed E-state index contributed by atoms with van der Waals surface area (Å²) in [5.74, 6) is 1.03. The Morgan fingerprint density at radius 1 is 1.33 bits per heavy atom. The monoisotopic (exact) mass is 283 g/mol. The fourth-order valence-corrected chi connectivity index (χ4v) is 3.90. The van der Waals surface area contributed by atoms with E-state index in [4.69, 9.17) is 23.2 Å². The van der Waals surface area contributed by atoms with Crippen molar-refractivity contribution in [2.75, 3.05) is 20.1 Å². The number of fused-ring (bicyclic) bond motifs is 3. The first-order chi connectivity index (χ1) is 8.56. The van der Waals surface area contributed by atoms with Crippen molar-refractivity contribution < 1.29 is 4.79 Å². The van der Waals surface area contributed by atoms with Crippen molar-refractivity contribution in [2.24, 2.45) is 5.92 Å². The third-order valence-electron chi connectivity index (χ3n) is 4.17. The van der Waals surface area contributed by atoms with E-state index in [1.165, 1.54) is 0 Å². The number of piperidine rings is 1. The molecule has 18 heavy (non-hydrogen) atoms. The molecule has 1 aromatic rings. The van der Waals surface area contributed by atoms with Crippen LogP contribution in [-0.2, 0) is 0 Å². The Bertz CT molecular complexity index is 515. The maximum absolute atomic E-state index is 12.2. The quantitative estimate of drug-likeness (QED) is 0.725. The smallest absolute Gasteiger partial charge is 0.164 e. The summed E-state index contributed by atoms with van der Waals surface area (Å²) >= 11 is 12.3. The molecule has 2 aliphatic rings. The highest BCUT2D eigenvalue weighted by Crippen LogP contribution is 2.44. The molecule has 2 atom stereocenters. The number of Topliss-reactive ketones (excluding diaryl/α,β-unsaturated/α-hetero) is 1. The first kappa shape index (κ1) is 12.5. The van der Waals surface area contributed by atoms with Gasteiger partial charge in [-0.1, -0.05) is 23.2 Å². The van der Waals surface area contributed by atoms with Gasteiger partial charge in [0.1, 0.15) is 0 Å². The van der Waals surface area contributed by atoms with Crippen LogP contribution >= 0.6 is 23.2 Å². The summed E-state index contributed by atoms with van der Waals surface area (Å²) in [6, 6.07) is 3.60. The summed E-state index contributed by atoms with van der Waals surface area (Å²) in [4.78, 5) is 14.5. The molecule has 0 unspecified atom stereocenters. The molecule has 2 nitrogen and oxygen atoms in total. The molecule has 3 rings (SSSR count). The molecule has 1 aromatic carbocycles. The predicted molar refractivity (Wildman–Crippen MR) is 73.8 cm³/mol. The Labute approximate surface area is 117 Å². The molecule has 0 radical (unpaired) electrons. The van der Waals surface area contributed by atoms with Crippen LogP contribution in [0.2, 0.25) is 10.0 Å². The Morgan fingerprint density at radius 2 is 2.11 bits per heavy atom. The van der Waals surface area contributed by atoms with Crippen LogP contribution in [0.4, 0.5) is 0 Å². The van der Waals surface area contributed by atoms with Gasteiger partial charge in [-0.05, 0) is 43.6 Å². The van der Waals surface area contributed by atoms with Crippen LogP contribution in [0.5, 0.6) is 0 Å². The first-order valence-electron chi connectivity index (χ1n) is 6.27. The van der Waals surface area contributed by atoms with Crippen molar-refractivity contribution >= 4 is 29.0 Å². The van der Waals surface area contributed by atoms with Crippen molar-refractivity contribution in [3.05, 3.63) is 33.3 Å². The van der Waals surface area contributed by atoms with E-state index in [1.807, 2.05) is 6.07 Å². The third-order valence-corrected chi connectivity index (χ3v) is 4.69. The molecule has 1 aliphatic carbocycles. The topological polar surface area (TPSA) is 20.3 Å². The molecular weight excluding hydrogens is 269 g/mol. The standard InChI is InChI=1S/C14H15Cl2NO/c1-17-3-2-8-4-13(18)14-10(11(8)7-17)5-9(15)6-12(14)16/h5-6,8,11H,2-4,7H2,1H3/t8-,11-/m1/s1. The fourth-order valence-electron chi connectivity index (χ4n) is 3.28. The Balaban J connectivity index is 2.12. The van der Waals surface area contributed by atoms with Gasteiger partial charge >= 0.3 is 0 Å². The van der Waals surface area contributed by atoms with E-state index in [1.54, 1.807) is 6.07 Å². The van der Waals surface area contributed by atoms with Gasteiger partial charge < -0.3 is 4.90 Å². The summed E-state index contributed by atoms with van der Waals surface area (Å²) in [5.41, 5.74) is 1.76. The lowest BCUT2D eigenvalue weighted by molar-refractivity contribution is 0.0887. The minimum atomic E-state index is 0.178. The molecule has 1 heterocycles. The highest BCUT2D eigenvalue weighted by atomic mass is 35.5. The number of carbonyl (C=O) groups excluding carboxylic acids is 1. The van der Waals surface area contributed by atoms with Crippen molar-refractivity contribution in [1.29, 1.82) is 0 Å². The van der Waals surface area contributed by atoms with Gasteiger partial charge in [0.15, 0.2) is 5.78 Å². The molecule has 0 aromatic heterocycles. The van der Waals surface area contributed by atoms with Gasteiger partial charge in [-0.25, -0.2) is 0 Å². The van der Waals surface area contributed by atoms with Crippen molar-refractivity contribution in [3.8, 4) is 0 Å². The molecule has 0 amide bonds. The van der Waals surface area contributed by atoms with Crippen LogP contribution in [0.15, 0.2) is 12.1 Å². The average molecular weight is 284 g/mol. The maximum atomic E-state index is 12.2. The summed E-state index contributed by atoms with van der Waals surface area (Å²) in [6.45, 7) is 2.06. The van der Waals surface area contributed by atoms with Gasteiger partial charge in [0.2, 0.25) is 0 Å². The van der Waals surface area contributed by atoms with E-state index in [9.17, 15) is 4.79 Å². The van der Waals surface area contributed by atoms with Gasteiger partial charge in [-0.15, -0.1) is 0 Å². The number of halogens is 2. The van der Waals surface area contributed by atoms with Crippen molar-refractivity contribution in [2.45, 2.75) is 18.8 Å². The van der Waals surface area contributed by atoms with Crippen molar-refractivity contribution in [1.82, 2.24) is 4.90 Å². The van der Waals surface area contributed by atoms with Crippen LogP contribution in [0.3, 0.4) is 0 Å². The molecule has 0 N–H and O–H groups in total. The number of nitrogens with zero attached hydrogens (tertiary/aromatic N) is 1. The Hall–Kier alpha value is -0.570. The second-order valence-electron chi connectivity index (χ2n) is 5.40. The van der Waals surface area contributed by atoms with Gasteiger partial charge in [-0.2, -0.15) is 0 Å². The number of hydrogen-bond acceptors (Lipinski definition) is 2. The molecule has 0 saturated carbocycles.